The summed E-state index contributed by atoms with van der Waals surface area (Å²) >= 11 is 1.71. The van der Waals surface area contributed by atoms with E-state index >= 15 is 0 Å². The van der Waals surface area contributed by atoms with Crippen LogP contribution in [0.15, 0.2) is 6.20 Å². The number of hydrogen-bond donors (Lipinski definition) is 2. The van der Waals surface area contributed by atoms with Crippen molar-refractivity contribution in [3.8, 4) is 0 Å². The van der Waals surface area contributed by atoms with Crippen LogP contribution in [0.1, 0.15) is 23.7 Å². The maximum Gasteiger partial charge on any atom is 0.231 e. The molecule has 0 aromatic carbocycles. The molecular formula is C13H21N7S. The molecule has 2 aromatic heterocycles. The second kappa shape index (κ2) is 7.16. The van der Waals surface area contributed by atoms with Crippen molar-refractivity contribution in [1.29, 1.82) is 0 Å². The van der Waals surface area contributed by atoms with Crippen LogP contribution < -0.4 is 15.5 Å². The summed E-state index contributed by atoms with van der Waals surface area (Å²) in [4.78, 5) is 20.6. The summed E-state index contributed by atoms with van der Waals surface area (Å²) in [6.45, 7) is 5.52. The monoisotopic (exact) mass is 307 g/mol. The molecule has 0 aliphatic heterocycles. The highest BCUT2D eigenvalue weighted by Gasteiger charge is 2.08. The van der Waals surface area contributed by atoms with E-state index in [2.05, 4.69) is 37.5 Å². The molecule has 0 fully saturated rings. The third kappa shape index (κ3) is 4.25. The van der Waals surface area contributed by atoms with Crippen LogP contribution in [0.25, 0.3) is 0 Å². The SMILES string of the molecule is CCNc1nc(NCc2ncc(CC)s2)nc(N(C)C)n1. The molecule has 21 heavy (non-hydrogen) atoms. The van der Waals surface area contributed by atoms with E-state index < -0.39 is 0 Å². The van der Waals surface area contributed by atoms with Gasteiger partial charge in [-0.25, -0.2) is 4.98 Å². The van der Waals surface area contributed by atoms with Crippen molar-refractivity contribution in [3.05, 3.63) is 16.1 Å². The summed E-state index contributed by atoms with van der Waals surface area (Å²) in [6, 6.07) is 0. The van der Waals surface area contributed by atoms with Crippen molar-refractivity contribution in [2.24, 2.45) is 0 Å². The van der Waals surface area contributed by atoms with Crippen LogP contribution in [0.3, 0.4) is 0 Å². The molecule has 0 saturated heterocycles. The first-order valence-corrected chi connectivity index (χ1v) is 7.78. The van der Waals surface area contributed by atoms with E-state index in [1.54, 1.807) is 11.3 Å². The van der Waals surface area contributed by atoms with Crippen molar-refractivity contribution in [3.63, 3.8) is 0 Å². The zero-order valence-electron chi connectivity index (χ0n) is 12.8. The molecule has 114 valence electrons. The van der Waals surface area contributed by atoms with Gasteiger partial charge in [0.05, 0.1) is 6.54 Å². The number of aryl methyl sites for hydroxylation is 1. The van der Waals surface area contributed by atoms with Crippen LogP contribution in [-0.2, 0) is 13.0 Å². The average Bonchev–Trinajstić information content (AvgIpc) is 2.93. The Morgan fingerprint density at radius 3 is 2.38 bits per heavy atom. The minimum atomic E-state index is 0.554. The molecule has 2 aromatic rings. The van der Waals surface area contributed by atoms with Crippen LogP contribution in [-0.4, -0.2) is 40.6 Å². The van der Waals surface area contributed by atoms with Gasteiger partial charge in [0.2, 0.25) is 17.8 Å². The van der Waals surface area contributed by atoms with Gasteiger partial charge in [-0.1, -0.05) is 6.92 Å². The number of rotatable bonds is 7. The van der Waals surface area contributed by atoms with Gasteiger partial charge in [-0.2, -0.15) is 15.0 Å². The van der Waals surface area contributed by atoms with Crippen molar-refractivity contribution >= 4 is 29.2 Å². The van der Waals surface area contributed by atoms with Gasteiger partial charge in [-0.15, -0.1) is 11.3 Å². The quantitative estimate of drug-likeness (QED) is 0.810. The smallest absolute Gasteiger partial charge is 0.231 e. The van der Waals surface area contributed by atoms with Crippen molar-refractivity contribution in [2.75, 3.05) is 36.2 Å². The minimum absolute atomic E-state index is 0.554. The molecule has 0 atom stereocenters. The van der Waals surface area contributed by atoms with Crippen molar-refractivity contribution < 1.29 is 0 Å². The topological polar surface area (TPSA) is 78.9 Å². The first-order chi connectivity index (χ1) is 10.1. The lowest BCUT2D eigenvalue weighted by Gasteiger charge is -2.13. The molecular weight excluding hydrogens is 286 g/mol. The Balaban J connectivity index is 2.10. The standard InChI is InChI=1S/C13H21N7S/c1-5-9-7-15-10(21-9)8-16-12-17-11(14-6-2)18-13(19-12)20(3)4/h7H,5-6,8H2,1-4H3,(H2,14,16,17,18,19). The van der Waals surface area contributed by atoms with Gasteiger partial charge < -0.3 is 15.5 Å². The molecule has 8 heteroatoms. The number of hydrogen-bond acceptors (Lipinski definition) is 8. The maximum absolute atomic E-state index is 4.39. The molecule has 0 radical (unpaired) electrons. The highest BCUT2D eigenvalue weighted by Crippen LogP contribution is 2.16. The van der Waals surface area contributed by atoms with E-state index in [4.69, 9.17) is 0 Å². The van der Waals surface area contributed by atoms with Gasteiger partial charge in [-0.3, -0.25) is 0 Å². The van der Waals surface area contributed by atoms with E-state index in [0.29, 0.717) is 24.4 Å². The largest absolute Gasteiger partial charge is 0.354 e. The maximum atomic E-state index is 4.39. The number of nitrogens with one attached hydrogen (secondary N) is 2. The zero-order chi connectivity index (χ0) is 15.2. The highest BCUT2D eigenvalue weighted by atomic mass is 32.1. The molecule has 2 N–H and O–H groups in total. The zero-order valence-corrected chi connectivity index (χ0v) is 13.7. The predicted molar refractivity (Wildman–Crippen MR) is 87.1 cm³/mol. The highest BCUT2D eigenvalue weighted by molar-refractivity contribution is 7.11. The molecule has 0 spiro atoms. The van der Waals surface area contributed by atoms with E-state index in [9.17, 15) is 0 Å². The Morgan fingerprint density at radius 2 is 1.81 bits per heavy atom. The van der Waals surface area contributed by atoms with Gasteiger partial charge >= 0.3 is 0 Å². The van der Waals surface area contributed by atoms with Crippen LogP contribution >= 0.6 is 11.3 Å². The number of anilines is 3. The second-order valence-corrected chi connectivity index (χ2v) is 5.83. The second-order valence-electron chi connectivity index (χ2n) is 4.63. The van der Waals surface area contributed by atoms with E-state index in [-0.39, 0.29) is 0 Å². The summed E-state index contributed by atoms with van der Waals surface area (Å²) in [6.07, 6.45) is 2.93. The van der Waals surface area contributed by atoms with Crippen LogP contribution in [0, 0.1) is 0 Å². The molecule has 7 nitrogen and oxygen atoms in total. The Hall–Kier alpha value is -1.96. The van der Waals surface area contributed by atoms with Crippen molar-refractivity contribution in [2.45, 2.75) is 26.8 Å². The average molecular weight is 307 g/mol. The van der Waals surface area contributed by atoms with Gasteiger partial charge in [0, 0.05) is 31.7 Å². The Kier molecular flexibility index (Phi) is 5.26. The molecule has 0 unspecified atom stereocenters. The van der Waals surface area contributed by atoms with Crippen molar-refractivity contribution in [1.82, 2.24) is 19.9 Å². The third-order valence-corrected chi connectivity index (χ3v) is 3.85. The van der Waals surface area contributed by atoms with Gasteiger partial charge in [0.15, 0.2) is 0 Å². The van der Waals surface area contributed by atoms with E-state index in [0.717, 1.165) is 18.0 Å². The minimum Gasteiger partial charge on any atom is -0.354 e. The van der Waals surface area contributed by atoms with Crippen LogP contribution in [0.5, 0.6) is 0 Å². The normalized spacial score (nSPS) is 10.5. The Labute approximate surface area is 128 Å². The summed E-state index contributed by atoms with van der Waals surface area (Å²) in [5.74, 6) is 1.75. The molecule has 0 aliphatic carbocycles. The number of nitrogens with zero attached hydrogens (tertiary/aromatic N) is 5. The fourth-order valence-corrected chi connectivity index (χ4v) is 2.43. The lowest BCUT2D eigenvalue weighted by Crippen LogP contribution is -2.17. The molecule has 0 saturated carbocycles. The van der Waals surface area contributed by atoms with Crippen LogP contribution in [0.4, 0.5) is 17.8 Å². The molecule has 0 bridgehead atoms. The fourth-order valence-electron chi connectivity index (χ4n) is 1.63. The van der Waals surface area contributed by atoms with Crippen LogP contribution in [0.2, 0.25) is 0 Å². The van der Waals surface area contributed by atoms with E-state index in [1.165, 1.54) is 4.88 Å². The van der Waals surface area contributed by atoms with E-state index in [1.807, 2.05) is 32.1 Å². The molecule has 0 aliphatic rings. The third-order valence-electron chi connectivity index (χ3n) is 2.71. The fraction of sp³-hybridized carbons (Fsp3) is 0.538. The molecule has 2 heterocycles. The Morgan fingerprint density at radius 1 is 1.10 bits per heavy atom. The first kappa shape index (κ1) is 15.4. The predicted octanol–water partition coefficient (Wildman–Crippen LogP) is 2.00. The lowest BCUT2D eigenvalue weighted by atomic mass is 10.4. The van der Waals surface area contributed by atoms with Gasteiger partial charge in [0.25, 0.3) is 0 Å². The lowest BCUT2D eigenvalue weighted by molar-refractivity contribution is 0.934. The summed E-state index contributed by atoms with van der Waals surface area (Å²) in [7, 11) is 3.81. The number of thiazole rings is 1. The summed E-state index contributed by atoms with van der Waals surface area (Å²) in [5.41, 5.74) is 0. The van der Waals surface area contributed by atoms with Gasteiger partial charge in [0.1, 0.15) is 5.01 Å². The number of aromatic nitrogens is 4. The van der Waals surface area contributed by atoms with Gasteiger partial charge in [-0.05, 0) is 13.3 Å². The summed E-state index contributed by atoms with van der Waals surface area (Å²) < 4.78 is 0. The Bertz CT molecular complexity index is 582. The first-order valence-electron chi connectivity index (χ1n) is 6.97. The molecule has 2 rings (SSSR count). The molecule has 0 amide bonds. The summed E-state index contributed by atoms with van der Waals surface area (Å²) in [5, 5.41) is 7.36.